The van der Waals surface area contributed by atoms with Gasteiger partial charge < -0.3 is 10.1 Å². The number of hydrogen-bond donors (Lipinski definition) is 2. The Morgan fingerprint density at radius 3 is 2.33 bits per heavy atom. The van der Waals surface area contributed by atoms with Crippen molar-refractivity contribution in [1.82, 2.24) is 4.72 Å². The van der Waals surface area contributed by atoms with Gasteiger partial charge in [0.2, 0.25) is 15.9 Å². The first-order chi connectivity index (χ1) is 12.7. The van der Waals surface area contributed by atoms with Crippen LogP contribution in [0.25, 0.3) is 0 Å². The first-order valence-corrected chi connectivity index (χ1v) is 10.1. The highest BCUT2D eigenvalue weighted by atomic mass is 32.2. The molecular formula is C19H22N2O5S. The molecule has 1 atom stereocenters. The number of ketones is 1. The SMILES string of the molecule is COc1ccc([C@@H](CC(=O)Nc2cccc(C(C)=O)c2)NS(C)(=O)=O)cc1. The fraction of sp³-hybridized carbons (Fsp3) is 0.263. The fourth-order valence-corrected chi connectivity index (χ4v) is 3.27. The highest BCUT2D eigenvalue weighted by Gasteiger charge is 2.20. The summed E-state index contributed by atoms with van der Waals surface area (Å²) in [6.45, 7) is 1.44. The lowest BCUT2D eigenvalue weighted by Gasteiger charge is -2.18. The van der Waals surface area contributed by atoms with Gasteiger partial charge in [0.05, 0.1) is 19.4 Å². The molecule has 0 aromatic heterocycles. The normalized spacial score (nSPS) is 12.3. The largest absolute Gasteiger partial charge is 0.497 e. The van der Waals surface area contributed by atoms with Crippen LogP contribution in [0.3, 0.4) is 0 Å². The number of benzene rings is 2. The quantitative estimate of drug-likeness (QED) is 0.675. The van der Waals surface area contributed by atoms with Gasteiger partial charge in [0.1, 0.15) is 5.75 Å². The fourth-order valence-electron chi connectivity index (χ4n) is 2.54. The topological polar surface area (TPSA) is 102 Å². The molecular weight excluding hydrogens is 368 g/mol. The van der Waals surface area contributed by atoms with Crippen molar-refractivity contribution < 1.29 is 22.7 Å². The molecule has 0 saturated heterocycles. The Morgan fingerprint density at radius 2 is 1.78 bits per heavy atom. The van der Waals surface area contributed by atoms with Crippen molar-refractivity contribution in [3.05, 3.63) is 59.7 Å². The molecule has 2 rings (SSSR count). The Labute approximate surface area is 158 Å². The monoisotopic (exact) mass is 390 g/mol. The van der Waals surface area contributed by atoms with E-state index in [1.54, 1.807) is 48.5 Å². The number of carbonyl (C=O) groups is 2. The molecule has 0 saturated carbocycles. The third-order valence-electron chi connectivity index (χ3n) is 3.82. The van der Waals surface area contributed by atoms with Crippen LogP contribution in [0.15, 0.2) is 48.5 Å². The second kappa shape index (κ2) is 8.79. The number of anilines is 1. The number of Topliss-reactive ketones (excluding diaryl/α,β-unsaturated/α-hetero) is 1. The van der Waals surface area contributed by atoms with E-state index in [4.69, 9.17) is 4.74 Å². The second-order valence-electron chi connectivity index (χ2n) is 6.11. The first kappa shape index (κ1) is 20.6. The van der Waals surface area contributed by atoms with E-state index in [0.717, 1.165) is 6.26 Å². The number of hydrogen-bond acceptors (Lipinski definition) is 5. The summed E-state index contributed by atoms with van der Waals surface area (Å²) in [5.41, 5.74) is 1.59. The molecule has 27 heavy (non-hydrogen) atoms. The first-order valence-electron chi connectivity index (χ1n) is 8.20. The van der Waals surface area contributed by atoms with E-state index in [0.29, 0.717) is 22.6 Å². The molecule has 2 aromatic carbocycles. The summed E-state index contributed by atoms with van der Waals surface area (Å²) in [6, 6.07) is 12.6. The van der Waals surface area contributed by atoms with Gasteiger partial charge in [-0.3, -0.25) is 9.59 Å². The van der Waals surface area contributed by atoms with Gasteiger partial charge in [0.15, 0.2) is 5.78 Å². The smallest absolute Gasteiger partial charge is 0.226 e. The van der Waals surface area contributed by atoms with Crippen LogP contribution in [0.5, 0.6) is 5.75 Å². The van der Waals surface area contributed by atoms with Crippen LogP contribution in [0.4, 0.5) is 5.69 Å². The van der Waals surface area contributed by atoms with Crippen molar-refractivity contribution in [3.8, 4) is 5.75 Å². The number of amides is 1. The van der Waals surface area contributed by atoms with Crippen molar-refractivity contribution in [2.75, 3.05) is 18.7 Å². The third kappa shape index (κ3) is 6.50. The summed E-state index contributed by atoms with van der Waals surface area (Å²) in [5.74, 6) is 0.135. The van der Waals surface area contributed by atoms with Gasteiger partial charge in [-0.2, -0.15) is 0 Å². The van der Waals surface area contributed by atoms with Gasteiger partial charge in [-0.15, -0.1) is 0 Å². The number of methoxy groups -OCH3 is 1. The highest BCUT2D eigenvalue weighted by molar-refractivity contribution is 7.88. The molecule has 0 aliphatic carbocycles. The number of carbonyl (C=O) groups excluding carboxylic acids is 2. The summed E-state index contributed by atoms with van der Waals surface area (Å²) in [5, 5.41) is 2.70. The zero-order valence-corrected chi connectivity index (χ0v) is 16.2. The lowest BCUT2D eigenvalue weighted by molar-refractivity contribution is -0.116. The van der Waals surface area contributed by atoms with E-state index in [-0.39, 0.29) is 18.1 Å². The molecule has 0 spiro atoms. The van der Waals surface area contributed by atoms with Crippen molar-refractivity contribution >= 4 is 27.4 Å². The molecule has 2 N–H and O–H groups in total. The van der Waals surface area contributed by atoms with E-state index >= 15 is 0 Å². The maximum absolute atomic E-state index is 12.4. The summed E-state index contributed by atoms with van der Waals surface area (Å²) in [7, 11) is -2.00. The Kier molecular flexibility index (Phi) is 6.70. The molecule has 7 nitrogen and oxygen atoms in total. The van der Waals surface area contributed by atoms with E-state index in [2.05, 4.69) is 10.0 Å². The predicted molar refractivity (Wildman–Crippen MR) is 103 cm³/mol. The number of sulfonamides is 1. The lowest BCUT2D eigenvalue weighted by Crippen LogP contribution is -2.30. The molecule has 144 valence electrons. The maximum atomic E-state index is 12.4. The van der Waals surface area contributed by atoms with E-state index in [1.807, 2.05) is 0 Å². The number of rotatable bonds is 8. The van der Waals surface area contributed by atoms with Crippen LogP contribution in [0.2, 0.25) is 0 Å². The maximum Gasteiger partial charge on any atom is 0.226 e. The van der Waals surface area contributed by atoms with E-state index < -0.39 is 16.1 Å². The lowest BCUT2D eigenvalue weighted by atomic mass is 10.0. The summed E-state index contributed by atoms with van der Waals surface area (Å²) < 4.78 is 31.0. The van der Waals surface area contributed by atoms with E-state index in [9.17, 15) is 18.0 Å². The summed E-state index contributed by atoms with van der Waals surface area (Å²) >= 11 is 0. The van der Waals surface area contributed by atoms with Crippen LogP contribution in [-0.4, -0.2) is 33.5 Å². The van der Waals surface area contributed by atoms with Gasteiger partial charge in [-0.1, -0.05) is 24.3 Å². The van der Waals surface area contributed by atoms with Crippen LogP contribution in [0.1, 0.15) is 35.3 Å². The van der Waals surface area contributed by atoms with Crippen molar-refractivity contribution in [2.24, 2.45) is 0 Å². The van der Waals surface area contributed by atoms with Gasteiger partial charge in [0.25, 0.3) is 0 Å². The average molecular weight is 390 g/mol. The van der Waals surface area contributed by atoms with E-state index in [1.165, 1.54) is 14.0 Å². The average Bonchev–Trinajstić information content (AvgIpc) is 2.60. The minimum atomic E-state index is -3.53. The van der Waals surface area contributed by atoms with Crippen molar-refractivity contribution in [2.45, 2.75) is 19.4 Å². The van der Waals surface area contributed by atoms with Gasteiger partial charge in [0, 0.05) is 17.7 Å². The molecule has 0 radical (unpaired) electrons. The Morgan fingerprint density at radius 1 is 1.11 bits per heavy atom. The molecule has 0 aliphatic heterocycles. The zero-order valence-electron chi connectivity index (χ0n) is 15.4. The molecule has 0 unspecified atom stereocenters. The second-order valence-corrected chi connectivity index (χ2v) is 7.89. The third-order valence-corrected chi connectivity index (χ3v) is 4.53. The number of nitrogens with one attached hydrogen (secondary N) is 2. The Hall–Kier alpha value is -2.71. The molecule has 0 fully saturated rings. The Bertz CT molecular complexity index is 923. The van der Waals surface area contributed by atoms with Crippen molar-refractivity contribution in [1.29, 1.82) is 0 Å². The molecule has 2 aromatic rings. The molecule has 1 amide bonds. The van der Waals surface area contributed by atoms with Gasteiger partial charge in [-0.25, -0.2) is 13.1 Å². The van der Waals surface area contributed by atoms with Gasteiger partial charge >= 0.3 is 0 Å². The van der Waals surface area contributed by atoms with Gasteiger partial charge in [-0.05, 0) is 36.8 Å². The number of ether oxygens (including phenoxy) is 1. The minimum absolute atomic E-state index is 0.107. The Balaban J connectivity index is 2.17. The predicted octanol–water partition coefficient (Wildman–Crippen LogP) is 2.52. The highest BCUT2D eigenvalue weighted by Crippen LogP contribution is 2.22. The van der Waals surface area contributed by atoms with Crippen LogP contribution >= 0.6 is 0 Å². The van der Waals surface area contributed by atoms with Crippen LogP contribution in [0, 0.1) is 0 Å². The standard InChI is InChI=1S/C19H22N2O5S/c1-13(22)15-5-4-6-16(11-15)20-19(23)12-18(21-27(3,24)25)14-7-9-17(26-2)10-8-14/h4-11,18,21H,12H2,1-3H3,(H,20,23)/t18-/m1/s1. The summed E-state index contributed by atoms with van der Waals surface area (Å²) in [6.07, 6.45) is 0.932. The molecule has 0 bridgehead atoms. The molecule has 0 heterocycles. The van der Waals surface area contributed by atoms with Crippen molar-refractivity contribution in [3.63, 3.8) is 0 Å². The summed E-state index contributed by atoms with van der Waals surface area (Å²) in [4.78, 5) is 23.9. The molecule has 8 heteroatoms. The van der Waals surface area contributed by atoms with Crippen LogP contribution in [-0.2, 0) is 14.8 Å². The van der Waals surface area contributed by atoms with Crippen LogP contribution < -0.4 is 14.8 Å². The molecule has 0 aliphatic rings. The zero-order chi connectivity index (χ0) is 20.0. The minimum Gasteiger partial charge on any atom is -0.497 e.